The van der Waals surface area contributed by atoms with E-state index in [0.717, 1.165) is 29.5 Å². The number of thiophene rings is 1. The molecule has 2 aliphatic rings. The van der Waals surface area contributed by atoms with Crippen LogP contribution in [-0.2, 0) is 16.1 Å². The van der Waals surface area contributed by atoms with Crippen LogP contribution in [0.5, 0.6) is 0 Å². The maximum absolute atomic E-state index is 13.5. The smallest absolute Gasteiger partial charge is 0.271 e. The van der Waals surface area contributed by atoms with Gasteiger partial charge in [0.1, 0.15) is 11.2 Å². The Kier molecular flexibility index (Phi) is 5.22. The number of ether oxygens (including phenoxy) is 1. The number of nitrogens with zero attached hydrogens (tertiary/aromatic N) is 2. The number of methoxy groups -OCH3 is 1. The molecule has 2 amide bonds. The summed E-state index contributed by atoms with van der Waals surface area (Å²) in [5, 5.41) is 5.31. The Morgan fingerprint density at radius 3 is 2.93 bits per heavy atom. The van der Waals surface area contributed by atoms with Crippen LogP contribution in [-0.4, -0.2) is 53.1 Å². The molecule has 1 saturated carbocycles. The molecule has 4 rings (SSSR count). The number of fused-ring (bicyclic) bond motifs is 3. The number of hydrogen-bond donors (Lipinski definition) is 1. The molecule has 1 N–H and O–H groups in total. The van der Waals surface area contributed by atoms with Crippen LogP contribution in [0.15, 0.2) is 17.5 Å². The Bertz CT molecular complexity index is 889. The standard InChI is InChI=1S/C21H29N3O3S/c1-14-6-4-5-7-15(14)22-20(26)21(2)13-23-16-8-11-28-18(16)12-17(23)19(25)24(21)9-10-27-3/h8,11-12,14-15H,4-7,9-10,13H2,1-3H3,(H,22,26)/t14-,15-,21-/m1/s1. The minimum Gasteiger partial charge on any atom is -0.383 e. The molecule has 1 aliphatic carbocycles. The van der Waals surface area contributed by atoms with E-state index in [0.29, 0.717) is 31.3 Å². The van der Waals surface area contributed by atoms with Crippen LogP contribution in [0.2, 0.25) is 0 Å². The normalized spacial score (nSPS) is 27.8. The van der Waals surface area contributed by atoms with Crippen molar-refractivity contribution in [2.24, 2.45) is 5.92 Å². The molecule has 3 atom stereocenters. The number of nitrogens with one attached hydrogen (secondary N) is 1. The van der Waals surface area contributed by atoms with Crippen molar-refractivity contribution >= 4 is 33.4 Å². The molecular formula is C21H29N3O3S. The number of hydrogen-bond acceptors (Lipinski definition) is 4. The quantitative estimate of drug-likeness (QED) is 0.833. The summed E-state index contributed by atoms with van der Waals surface area (Å²) >= 11 is 1.62. The molecule has 0 spiro atoms. The van der Waals surface area contributed by atoms with Crippen LogP contribution in [0, 0.1) is 5.92 Å². The van der Waals surface area contributed by atoms with Gasteiger partial charge in [-0.2, -0.15) is 0 Å². The molecule has 2 aromatic heterocycles. The molecule has 152 valence electrons. The lowest BCUT2D eigenvalue weighted by Gasteiger charge is -2.45. The van der Waals surface area contributed by atoms with Crippen molar-refractivity contribution in [3.63, 3.8) is 0 Å². The third-order valence-corrected chi connectivity index (χ3v) is 7.34. The van der Waals surface area contributed by atoms with E-state index in [1.54, 1.807) is 23.3 Å². The van der Waals surface area contributed by atoms with Crippen molar-refractivity contribution in [1.82, 2.24) is 14.8 Å². The zero-order valence-electron chi connectivity index (χ0n) is 16.9. The van der Waals surface area contributed by atoms with Crippen LogP contribution >= 0.6 is 11.3 Å². The highest BCUT2D eigenvalue weighted by Crippen LogP contribution is 2.34. The molecule has 0 saturated heterocycles. The predicted molar refractivity (Wildman–Crippen MR) is 111 cm³/mol. The van der Waals surface area contributed by atoms with Crippen LogP contribution < -0.4 is 5.32 Å². The van der Waals surface area contributed by atoms with E-state index in [1.807, 2.05) is 29.0 Å². The summed E-state index contributed by atoms with van der Waals surface area (Å²) in [6.07, 6.45) is 4.53. The van der Waals surface area contributed by atoms with Crippen molar-refractivity contribution in [2.45, 2.75) is 57.7 Å². The van der Waals surface area contributed by atoms with Gasteiger partial charge in [0.2, 0.25) is 5.91 Å². The maximum atomic E-state index is 13.5. The summed E-state index contributed by atoms with van der Waals surface area (Å²) in [5.74, 6) is 0.318. The highest BCUT2D eigenvalue weighted by molar-refractivity contribution is 7.17. The van der Waals surface area contributed by atoms with Crippen molar-refractivity contribution in [3.8, 4) is 0 Å². The van der Waals surface area contributed by atoms with Gasteiger partial charge in [-0.15, -0.1) is 11.3 Å². The summed E-state index contributed by atoms with van der Waals surface area (Å²) in [5.41, 5.74) is 0.757. The lowest BCUT2D eigenvalue weighted by atomic mass is 9.85. The van der Waals surface area contributed by atoms with Crippen LogP contribution in [0.1, 0.15) is 50.0 Å². The van der Waals surface area contributed by atoms with Crippen LogP contribution in [0.3, 0.4) is 0 Å². The van der Waals surface area contributed by atoms with E-state index in [1.165, 1.54) is 6.42 Å². The summed E-state index contributed by atoms with van der Waals surface area (Å²) < 4.78 is 8.33. The fourth-order valence-electron chi connectivity index (χ4n) is 4.66. The fourth-order valence-corrected chi connectivity index (χ4v) is 5.48. The lowest BCUT2D eigenvalue weighted by Crippen LogP contribution is -2.65. The second-order valence-electron chi connectivity index (χ2n) is 8.35. The summed E-state index contributed by atoms with van der Waals surface area (Å²) in [4.78, 5) is 28.5. The molecule has 0 unspecified atom stereocenters. The van der Waals surface area contributed by atoms with E-state index in [2.05, 4.69) is 12.2 Å². The highest BCUT2D eigenvalue weighted by Gasteiger charge is 2.48. The summed E-state index contributed by atoms with van der Waals surface area (Å²) in [6.45, 7) is 5.37. The van der Waals surface area contributed by atoms with Crippen molar-refractivity contribution in [3.05, 3.63) is 23.2 Å². The number of aromatic nitrogens is 1. The van der Waals surface area contributed by atoms with E-state index in [-0.39, 0.29) is 17.9 Å². The molecule has 28 heavy (non-hydrogen) atoms. The van der Waals surface area contributed by atoms with Gasteiger partial charge in [0.25, 0.3) is 5.91 Å². The van der Waals surface area contributed by atoms with Gasteiger partial charge in [-0.3, -0.25) is 9.59 Å². The van der Waals surface area contributed by atoms with Crippen molar-refractivity contribution < 1.29 is 14.3 Å². The van der Waals surface area contributed by atoms with E-state index < -0.39 is 5.54 Å². The largest absolute Gasteiger partial charge is 0.383 e. The zero-order chi connectivity index (χ0) is 19.9. The third kappa shape index (κ3) is 3.14. The Labute approximate surface area is 169 Å². The number of carbonyl (C=O) groups is 2. The van der Waals surface area contributed by atoms with Gasteiger partial charge in [-0.1, -0.05) is 19.8 Å². The molecule has 1 aliphatic heterocycles. The van der Waals surface area contributed by atoms with Gasteiger partial charge in [-0.05, 0) is 43.2 Å². The first kappa shape index (κ1) is 19.5. The minimum absolute atomic E-state index is 0.0570. The zero-order valence-corrected chi connectivity index (χ0v) is 17.7. The topological polar surface area (TPSA) is 63.6 Å². The molecule has 2 aromatic rings. The Morgan fingerprint density at radius 2 is 2.18 bits per heavy atom. The SMILES string of the molecule is COCCN1C(=O)c2cc3sccc3n2C[C@]1(C)C(=O)N[C@@H]1CCCC[C@H]1C. The minimum atomic E-state index is -0.937. The molecular weight excluding hydrogens is 374 g/mol. The van der Waals surface area contributed by atoms with Gasteiger partial charge >= 0.3 is 0 Å². The number of rotatable bonds is 5. The number of carbonyl (C=O) groups excluding carboxylic acids is 2. The summed E-state index contributed by atoms with van der Waals surface area (Å²) in [7, 11) is 1.62. The molecule has 6 nitrogen and oxygen atoms in total. The average molecular weight is 404 g/mol. The molecule has 0 radical (unpaired) electrons. The van der Waals surface area contributed by atoms with Crippen LogP contribution in [0.25, 0.3) is 10.2 Å². The summed E-state index contributed by atoms with van der Waals surface area (Å²) in [6, 6.07) is 4.16. The highest BCUT2D eigenvalue weighted by atomic mass is 32.1. The fraction of sp³-hybridized carbons (Fsp3) is 0.619. The molecule has 7 heteroatoms. The monoisotopic (exact) mass is 403 g/mol. The third-order valence-electron chi connectivity index (χ3n) is 6.48. The van der Waals surface area contributed by atoms with E-state index in [9.17, 15) is 9.59 Å². The predicted octanol–water partition coefficient (Wildman–Crippen LogP) is 3.26. The average Bonchev–Trinajstić information content (AvgIpc) is 3.26. The first-order valence-electron chi connectivity index (χ1n) is 10.1. The van der Waals surface area contributed by atoms with Gasteiger partial charge < -0.3 is 19.5 Å². The van der Waals surface area contributed by atoms with E-state index >= 15 is 0 Å². The second-order valence-corrected chi connectivity index (χ2v) is 9.30. The van der Waals surface area contributed by atoms with Crippen molar-refractivity contribution in [2.75, 3.05) is 20.3 Å². The van der Waals surface area contributed by atoms with Gasteiger partial charge in [0, 0.05) is 19.7 Å². The van der Waals surface area contributed by atoms with Gasteiger partial charge in [-0.25, -0.2) is 0 Å². The van der Waals surface area contributed by atoms with Crippen molar-refractivity contribution in [1.29, 1.82) is 0 Å². The van der Waals surface area contributed by atoms with Crippen LogP contribution in [0.4, 0.5) is 0 Å². The number of amides is 2. The Hall–Kier alpha value is -1.86. The van der Waals surface area contributed by atoms with E-state index in [4.69, 9.17) is 4.74 Å². The lowest BCUT2D eigenvalue weighted by molar-refractivity contribution is -0.134. The molecule has 0 bridgehead atoms. The maximum Gasteiger partial charge on any atom is 0.271 e. The first-order chi connectivity index (χ1) is 13.5. The molecule has 0 aromatic carbocycles. The molecule has 3 heterocycles. The Balaban J connectivity index is 1.68. The van der Waals surface area contributed by atoms with Gasteiger partial charge in [0.05, 0.1) is 23.4 Å². The molecule has 1 fully saturated rings. The second kappa shape index (κ2) is 7.52. The Morgan fingerprint density at radius 1 is 1.39 bits per heavy atom. The first-order valence-corrected chi connectivity index (χ1v) is 11.0. The van der Waals surface area contributed by atoms with Gasteiger partial charge in [0.15, 0.2) is 0 Å².